The Hall–Kier alpha value is -1.22. The molecule has 94 valence electrons. The highest BCUT2D eigenvalue weighted by Crippen LogP contribution is 2.33. The van der Waals surface area contributed by atoms with Gasteiger partial charge in [0.15, 0.2) is 0 Å². The highest BCUT2D eigenvalue weighted by Gasteiger charge is 2.09. The van der Waals surface area contributed by atoms with Crippen LogP contribution in [0.15, 0.2) is 12.1 Å². The van der Waals surface area contributed by atoms with Gasteiger partial charge in [0.2, 0.25) is 0 Å². The van der Waals surface area contributed by atoms with Crippen LogP contribution in [-0.4, -0.2) is 20.0 Å². The maximum Gasteiger partial charge on any atom is 0.137 e. The molecule has 0 heterocycles. The fourth-order valence-corrected chi connectivity index (χ4v) is 1.88. The van der Waals surface area contributed by atoms with Crippen molar-refractivity contribution in [1.82, 2.24) is 0 Å². The molecule has 0 fully saturated rings. The molecule has 0 atom stereocenters. The minimum atomic E-state index is 0.199. The molecule has 0 radical (unpaired) electrons. The fraction of sp³-hybridized carbons (Fsp3) is 0.462. The van der Waals surface area contributed by atoms with Crippen molar-refractivity contribution < 1.29 is 14.3 Å². The topological polar surface area (TPSA) is 35.5 Å². The van der Waals surface area contributed by atoms with E-state index in [1.807, 2.05) is 6.07 Å². The highest BCUT2D eigenvalue weighted by atomic mass is 35.5. The Balaban J connectivity index is 2.84. The van der Waals surface area contributed by atoms with E-state index in [4.69, 9.17) is 21.1 Å². The molecule has 0 spiro atoms. The van der Waals surface area contributed by atoms with E-state index in [-0.39, 0.29) is 5.78 Å². The summed E-state index contributed by atoms with van der Waals surface area (Å²) in [6, 6.07) is 3.60. The number of aryl methyl sites for hydroxylation is 1. The lowest BCUT2D eigenvalue weighted by molar-refractivity contribution is -0.117. The minimum absolute atomic E-state index is 0.199. The number of hydrogen-bond acceptors (Lipinski definition) is 3. The number of ketones is 1. The first-order chi connectivity index (χ1) is 8.08. The molecular formula is C13H17ClO3. The number of halogens is 1. The maximum absolute atomic E-state index is 10.9. The lowest BCUT2D eigenvalue weighted by Crippen LogP contribution is -1.97. The second-order valence-electron chi connectivity index (χ2n) is 3.85. The van der Waals surface area contributed by atoms with Crippen molar-refractivity contribution in [2.24, 2.45) is 0 Å². The summed E-state index contributed by atoms with van der Waals surface area (Å²) in [5.74, 6) is 1.56. The molecule has 0 N–H and O–H groups in total. The molecule has 17 heavy (non-hydrogen) atoms. The zero-order valence-electron chi connectivity index (χ0n) is 10.4. The number of ether oxygens (including phenoxy) is 2. The molecule has 3 nitrogen and oxygen atoms in total. The average Bonchev–Trinajstić information content (AvgIpc) is 2.30. The summed E-state index contributed by atoms with van der Waals surface area (Å²) < 4.78 is 10.4. The van der Waals surface area contributed by atoms with E-state index in [0.717, 1.165) is 24.2 Å². The van der Waals surface area contributed by atoms with Crippen LogP contribution in [0.25, 0.3) is 0 Å². The first-order valence-corrected chi connectivity index (χ1v) is 5.86. The summed E-state index contributed by atoms with van der Waals surface area (Å²) in [6.45, 7) is 1.60. The Morgan fingerprint density at radius 3 is 2.41 bits per heavy atom. The zero-order valence-corrected chi connectivity index (χ0v) is 11.1. The summed E-state index contributed by atoms with van der Waals surface area (Å²) in [4.78, 5) is 10.9. The third-order valence-electron chi connectivity index (χ3n) is 2.53. The van der Waals surface area contributed by atoms with Gasteiger partial charge in [-0.15, -0.1) is 0 Å². The van der Waals surface area contributed by atoms with Gasteiger partial charge in [-0.05, 0) is 31.4 Å². The van der Waals surface area contributed by atoms with Crippen molar-refractivity contribution in [3.63, 3.8) is 0 Å². The fourth-order valence-electron chi connectivity index (χ4n) is 1.65. The monoisotopic (exact) mass is 256 g/mol. The van der Waals surface area contributed by atoms with Crippen molar-refractivity contribution in [1.29, 1.82) is 0 Å². The predicted molar refractivity (Wildman–Crippen MR) is 68.2 cm³/mol. The smallest absolute Gasteiger partial charge is 0.137 e. The van der Waals surface area contributed by atoms with Crippen LogP contribution < -0.4 is 9.47 Å². The Kier molecular flexibility index (Phi) is 5.29. The minimum Gasteiger partial charge on any atom is -0.496 e. The van der Waals surface area contributed by atoms with Crippen LogP contribution in [-0.2, 0) is 11.2 Å². The van der Waals surface area contributed by atoms with Gasteiger partial charge in [0.05, 0.1) is 19.2 Å². The third-order valence-corrected chi connectivity index (χ3v) is 2.83. The maximum atomic E-state index is 10.9. The first-order valence-electron chi connectivity index (χ1n) is 5.48. The number of Topliss-reactive ketones (excluding diaryl/α,β-unsaturated/α-hetero) is 1. The predicted octanol–water partition coefficient (Wildman–Crippen LogP) is 3.27. The number of benzene rings is 1. The Morgan fingerprint density at radius 1 is 1.24 bits per heavy atom. The molecule has 0 aliphatic carbocycles. The SMILES string of the molecule is COc1cc(CCCC(C)=O)c(OC)cc1Cl. The molecular weight excluding hydrogens is 240 g/mol. The van der Waals surface area contributed by atoms with E-state index < -0.39 is 0 Å². The van der Waals surface area contributed by atoms with Crippen LogP contribution >= 0.6 is 11.6 Å². The summed E-state index contributed by atoms with van der Waals surface area (Å²) >= 11 is 6.01. The highest BCUT2D eigenvalue weighted by molar-refractivity contribution is 6.32. The van der Waals surface area contributed by atoms with Crippen molar-refractivity contribution in [3.05, 3.63) is 22.7 Å². The summed E-state index contributed by atoms with van der Waals surface area (Å²) in [5, 5.41) is 0.527. The second kappa shape index (κ2) is 6.50. The summed E-state index contributed by atoms with van der Waals surface area (Å²) in [6.07, 6.45) is 2.15. The largest absolute Gasteiger partial charge is 0.496 e. The normalized spacial score (nSPS) is 10.1. The van der Waals surface area contributed by atoms with E-state index in [9.17, 15) is 4.79 Å². The number of methoxy groups -OCH3 is 2. The summed E-state index contributed by atoms with van der Waals surface area (Å²) in [5.41, 5.74) is 1.01. The van der Waals surface area contributed by atoms with Gasteiger partial charge in [0.1, 0.15) is 17.3 Å². The third kappa shape index (κ3) is 3.93. The second-order valence-corrected chi connectivity index (χ2v) is 4.26. The van der Waals surface area contributed by atoms with Crippen molar-refractivity contribution in [2.45, 2.75) is 26.2 Å². The van der Waals surface area contributed by atoms with E-state index in [2.05, 4.69) is 0 Å². The molecule has 0 amide bonds. The van der Waals surface area contributed by atoms with Crippen LogP contribution in [0.5, 0.6) is 11.5 Å². The van der Waals surface area contributed by atoms with E-state index >= 15 is 0 Å². The number of carbonyl (C=O) groups is 1. The molecule has 4 heteroatoms. The first kappa shape index (κ1) is 13.8. The van der Waals surface area contributed by atoms with Gasteiger partial charge in [-0.2, -0.15) is 0 Å². The van der Waals surface area contributed by atoms with Crippen molar-refractivity contribution >= 4 is 17.4 Å². The number of hydrogen-bond donors (Lipinski definition) is 0. The molecule has 0 saturated heterocycles. The average molecular weight is 257 g/mol. The van der Waals surface area contributed by atoms with Gasteiger partial charge in [-0.1, -0.05) is 11.6 Å². The van der Waals surface area contributed by atoms with Gasteiger partial charge in [-0.3, -0.25) is 0 Å². The molecule has 0 aromatic heterocycles. The zero-order chi connectivity index (χ0) is 12.8. The molecule has 0 saturated carbocycles. The Morgan fingerprint density at radius 2 is 1.88 bits per heavy atom. The van der Waals surface area contributed by atoms with Crippen LogP contribution in [0.1, 0.15) is 25.3 Å². The van der Waals surface area contributed by atoms with Gasteiger partial charge < -0.3 is 14.3 Å². The summed E-state index contributed by atoms with van der Waals surface area (Å²) in [7, 11) is 3.18. The van der Waals surface area contributed by atoms with E-state index in [1.165, 1.54) is 0 Å². The standard InChI is InChI=1S/C13H17ClO3/c1-9(15)5-4-6-10-7-13(17-3)11(14)8-12(10)16-2/h7-8H,4-6H2,1-3H3. The Bertz CT molecular complexity index is 402. The van der Waals surface area contributed by atoms with Crippen LogP contribution in [0.2, 0.25) is 5.02 Å². The molecule has 0 aliphatic rings. The van der Waals surface area contributed by atoms with Gasteiger partial charge in [0, 0.05) is 12.5 Å². The van der Waals surface area contributed by atoms with Crippen molar-refractivity contribution in [3.8, 4) is 11.5 Å². The molecule has 1 rings (SSSR count). The number of carbonyl (C=O) groups excluding carboxylic acids is 1. The molecule has 1 aromatic carbocycles. The van der Waals surface area contributed by atoms with Gasteiger partial charge in [0.25, 0.3) is 0 Å². The lowest BCUT2D eigenvalue weighted by atomic mass is 10.1. The van der Waals surface area contributed by atoms with Crippen molar-refractivity contribution in [2.75, 3.05) is 14.2 Å². The lowest BCUT2D eigenvalue weighted by Gasteiger charge is -2.11. The van der Waals surface area contributed by atoms with Gasteiger partial charge in [-0.25, -0.2) is 0 Å². The molecule has 0 bridgehead atoms. The van der Waals surface area contributed by atoms with E-state index in [1.54, 1.807) is 27.2 Å². The molecule has 0 unspecified atom stereocenters. The van der Waals surface area contributed by atoms with E-state index in [0.29, 0.717) is 17.2 Å². The van der Waals surface area contributed by atoms with Crippen LogP contribution in [0.3, 0.4) is 0 Å². The van der Waals surface area contributed by atoms with Gasteiger partial charge >= 0.3 is 0 Å². The Labute approximate surface area is 107 Å². The molecule has 1 aromatic rings. The van der Waals surface area contributed by atoms with Crippen LogP contribution in [0, 0.1) is 0 Å². The quantitative estimate of drug-likeness (QED) is 0.784. The molecule has 0 aliphatic heterocycles. The van der Waals surface area contributed by atoms with Crippen LogP contribution in [0.4, 0.5) is 0 Å². The number of rotatable bonds is 6.